The van der Waals surface area contributed by atoms with E-state index in [0.717, 1.165) is 6.54 Å². The monoisotopic (exact) mass is 283 g/mol. The van der Waals surface area contributed by atoms with Gasteiger partial charge in [-0.15, -0.1) is 0 Å². The second kappa shape index (κ2) is 7.97. The molecule has 0 aromatic heterocycles. The Labute approximate surface area is 120 Å². The van der Waals surface area contributed by atoms with E-state index in [2.05, 4.69) is 19.2 Å². The molecule has 5 nitrogen and oxygen atoms in total. The van der Waals surface area contributed by atoms with Crippen LogP contribution in [0.3, 0.4) is 0 Å². The van der Waals surface area contributed by atoms with Crippen molar-refractivity contribution in [3.8, 4) is 17.2 Å². The maximum atomic E-state index is 10.3. The van der Waals surface area contributed by atoms with E-state index in [-0.39, 0.29) is 0 Å². The minimum atomic E-state index is -0.663. The third-order valence-corrected chi connectivity index (χ3v) is 2.98. The molecule has 0 aliphatic heterocycles. The fraction of sp³-hybridized carbons (Fsp3) is 0.600. The molecule has 20 heavy (non-hydrogen) atoms. The van der Waals surface area contributed by atoms with E-state index in [4.69, 9.17) is 14.2 Å². The average Bonchev–Trinajstić information content (AvgIpc) is 2.44. The Hall–Kier alpha value is -1.46. The summed E-state index contributed by atoms with van der Waals surface area (Å²) in [5.74, 6) is 2.12. The molecule has 0 saturated carbocycles. The van der Waals surface area contributed by atoms with Gasteiger partial charge in [0.25, 0.3) is 0 Å². The van der Waals surface area contributed by atoms with Crippen molar-refractivity contribution in [3.63, 3.8) is 0 Å². The summed E-state index contributed by atoms with van der Waals surface area (Å²) in [7, 11) is 4.67. The molecule has 5 heteroatoms. The molecule has 1 unspecified atom stereocenters. The van der Waals surface area contributed by atoms with E-state index in [1.807, 2.05) is 0 Å². The van der Waals surface area contributed by atoms with Crippen LogP contribution < -0.4 is 19.5 Å². The van der Waals surface area contributed by atoms with Crippen molar-refractivity contribution in [2.45, 2.75) is 20.0 Å². The van der Waals surface area contributed by atoms with Gasteiger partial charge in [-0.2, -0.15) is 0 Å². The first-order valence-electron chi connectivity index (χ1n) is 6.72. The van der Waals surface area contributed by atoms with Crippen LogP contribution in [0.15, 0.2) is 12.1 Å². The Morgan fingerprint density at radius 1 is 1.00 bits per heavy atom. The lowest BCUT2D eigenvalue weighted by molar-refractivity contribution is 0.168. The summed E-state index contributed by atoms with van der Waals surface area (Å²) in [6.45, 7) is 5.56. The van der Waals surface area contributed by atoms with Crippen LogP contribution >= 0.6 is 0 Å². The van der Waals surface area contributed by atoms with Crippen molar-refractivity contribution in [2.24, 2.45) is 5.92 Å². The first-order chi connectivity index (χ1) is 9.54. The van der Waals surface area contributed by atoms with Crippen molar-refractivity contribution >= 4 is 0 Å². The zero-order valence-electron chi connectivity index (χ0n) is 12.9. The average molecular weight is 283 g/mol. The molecule has 0 spiro atoms. The Morgan fingerprint density at radius 3 is 2.15 bits per heavy atom. The Bertz CT molecular complexity index is 421. The van der Waals surface area contributed by atoms with Gasteiger partial charge >= 0.3 is 0 Å². The summed E-state index contributed by atoms with van der Waals surface area (Å²) in [5, 5.41) is 13.5. The van der Waals surface area contributed by atoms with Gasteiger partial charge < -0.3 is 24.6 Å². The Kier molecular flexibility index (Phi) is 6.61. The van der Waals surface area contributed by atoms with Crippen molar-refractivity contribution in [2.75, 3.05) is 34.4 Å². The van der Waals surface area contributed by atoms with Crippen LogP contribution in [-0.2, 0) is 0 Å². The number of hydrogen-bond acceptors (Lipinski definition) is 5. The largest absolute Gasteiger partial charge is 0.493 e. The van der Waals surface area contributed by atoms with Crippen LogP contribution in [0.2, 0.25) is 0 Å². The SMILES string of the molecule is COc1ccc(C(O)CNCC(C)C)c(OC)c1OC. The van der Waals surface area contributed by atoms with Gasteiger partial charge in [0, 0.05) is 12.1 Å². The Balaban J connectivity index is 2.93. The first-order valence-corrected chi connectivity index (χ1v) is 6.72. The van der Waals surface area contributed by atoms with Gasteiger partial charge in [-0.3, -0.25) is 0 Å². The fourth-order valence-corrected chi connectivity index (χ4v) is 2.01. The summed E-state index contributed by atoms with van der Waals surface area (Å²) >= 11 is 0. The molecule has 0 aliphatic rings. The zero-order valence-corrected chi connectivity index (χ0v) is 12.9. The number of hydrogen-bond donors (Lipinski definition) is 2. The number of methoxy groups -OCH3 is 3. The molecule has 1 rings (SSSR count). The minimum Gasteiger partial charge on any atom is -0.493 e. The molecule has 1 aromatic rings. The van der Waals surface area contributed by atoms with Crippen LogP contribution in [0.1, 0.15) is 25.5 Å². The standard InChI is InChI=1S/C15H25NO4/c1-10(2)8-16-9-12(17)11-6-7-13(18-3)15(20-5)14(11)19-4/h6-7,10,12,16-17H,8-9H2,1-5H3. The third-order valence-electron chi connectivity index (χ3n) is 2.98. The minimum absolute atomic E-state index is 0.462. The highest BCUT2D eigenvalue weighted by Crippen LogP contribution is 2.41. The first kappa shape index (κ1) is 16.6. The quantitative estimate of drug-likeness (QED) is 0.764. The highest BCUT2D eigenvalue weighted by atomic mass is 16.5. The van der Waals surface area contributed by atoms with E-state index in [0.29, 0.717) is 35.3 Å². The normalized spacial score (nSPS) is 12.3. The summed E-state index contributed by atoms with van der Waals surface area (Å²) < 4.78 is 15.9. The molecule has 114 valence electrons. The number of aliphatic hydroxyl groups excluding tert-OH is 1. The number of aliphatic hydroxyl groups is 1. The van der Waals surface area contributed by atoms with Gasteiger partial charge in [-0.25, -0.2) is 0 Å². The molecular formula is C15H25NO4. The van der Waals surface area contributed by atoms with E-state index < -0.39 is 6.10 Å². The van der Waals surface area contributed by atoms with E-state index >= 15 is 0 Å². The molecular weight excluding hydrogens is 258 g/mol. The smallest absolute Gasteiger partial charge is 0.203 e. The second-order valence-corrected chi connectivity index (χ2v) is 4.99. The number of nitrogens with one attached hydrogen (secondary N) is 1. The third kappa shape index (κ3) is 4.02. The van der Waals surface area contributed by atoms with Crippen LogP contribution in [0, 0.1) is 5.92 Å². The predicted molar refractivity (Wildman–Crippen MR) is 78.8 cm³/mol. The van der Waals surface area contributed by atoms with Crippen molar-refractivity contribution in [1.82, 2.24) is 5.32 Å². The molecule has 0 bridgehead atoms. The summed E-state index contributed by atoms with van der Waals surface area (Å²) in [5.41, 5.74) is 0.682. The van der Waals surface area contributed by atoms with E-state index in [1.165, 1.54) is 0 Å². The zero-order chi connectivity index (χ0) is 15.1. The number of rotatable bonds is 8. The molecule has 0 aliphatic carbocycles. The lowest BCUT2D eigenvalue weighted by Crippen LogP contribution is -2.25. The summed E-state index contributed by atoms with van der Waals surface area (Å²) in [6.07, 6.45) is -0.663. The molecule has 0 fully saturated rings. The maximum Gasteiger partial charge on any atom is 0.203 e. The van der Waals surface area contributed by atoms with Crippen molar-refractivity contribution < 1.29 is 19.3 Å². The van der Waals surface area contributed by atoms with Gasteiger partial charge in [0.2, 0.25) is 5.75 Å². The number of benzene rings is 1. The Morgan fingerprint density at radius 2 is 1.65 bits per heavy atom. The van der Waals surface area contributed by atoms with Crippen molar-refractivity contribution in [1.29, 1.82) is 0 Å². The molecule has 2 N–H and O–H groups in total. The van der Waals surface area contributed by atoms with Gasteiger partial charge in [0.1, 0.15) is 0 Å². The molecule has 1 aromatic carbocycles. The molecule has 0 radical (unpaired) electrons. The molecule has 0 heterocycles. The summed E-state index contributed by atoms with van der Waals surface area (Å²) in [4.78, 5) is 0. The van der Waals surface area contributed by atoms with Gasteiger partial charge in [-0.05, 0) is 24.6 Å². The highest BCUT2D eigenvalue weighted by molar-refractivity contribution is 5.56. The van der Waals surface area contributed by atoms with Crippen molar-refractivity contribution in [3.05, 3.63) is 17.7 Å². The number of ether oxygens (including phenoxy) is 3. The highest BCUT2D eigenvalue weighted by Gasteiger charge is 2.20. The van der Waals surface area contributed by atoms with E-state index in [9.17, 15) is 5.11 Å². The maximum absolute atomic E-state index is 10.3. The van der Waals surface area contributed by atoms with Gasteiger partial charge in [0.15, 0.2) is 11.5 Å². The van der Waals surface area contributed by atoms with Crippen LogP contribution in [0.25, 0.3) is 0 Å². The summed E-state index contributed by atoms with van der Waals surface area (Å²) in [6, 6.07) is 3.56. The molecule has 0 saturated heterocycles. The predicted octanol–water partition coefficient (Wildman–Crippen LogP) is 1.99. The van der Waals surface area contributed by atoms with E-state index in [1.54, 1.807) is 33.5 Å². The topological polar surface area (TPSA) is 60.0 Å². The molecule has 0 amide bonds. The second-order valence-electron chi connectivity index (χ2n) is 4.99. The van der Waals surface area contributed by atoms with Crippen LogP contribution in [-0.4, -0.2) is 39.5 Å². The molecule has 1 atom stereocenters. The lowest BCUT2D eigenvalue weighted by Gasteiger charge is -2.19. The van der Waals surface area contributed by atoms with Gasteiger partial charge in [0.05, 0.1) is 27.4 Å². The van der Waals surface area contributed by atoms with Gasteiger partial charge in [-0.1, -0.05) is 13.8 Å². The lowest BCUT2D eigenvalue weighted by atomic mass is 10.1. The van der Waals surface area contributed by atoms with Crippen LogP contribution in [0.4, 0.5) is 0 Å². The van der Waals surface area contributed by atoms with Crippen LogP contribution in [0.5, 0.6) is 17.2 Å². The fourth-order valence-electron chi connectivity index (χ4n) is 2.01.